The van der Waals surface area contributed by atoms with E-state index in [4.69, 9.17) is 0 Å². The van der Waals surface area contributed by atoms with Crippen LogP contribution in [0.2, 0.25) is 0 Å². The number of benzene rings is 1. The van der Waals surface area contributed by atoms with Crippen LogP contribution in [0.1, 0.15) is 11.1 Å². The summed E-state index contributed by atoms with van der Waals surface area (Å²) in [4.78, 5) is 26.8. The minimum absolute atomic E-state index is 0.0357. The van der Waals surface area contributed by atoms with Crippen LogP contribution in [0.4, 0.5) is 5.69 Å². The van der Waals surface area contributed by atoms with Gasteiger partial charge in [-0.1, -0.05) is 12.1 Å². The lowest BCUT2D eigenvalue weighted by Gasteiger charge is -2.05. The average Bonchev–Trinajstić information content (AvgIpc) is 2.85. The highest BCUT2D eigenvalue weighted by molar-refractivity contribution is 7.17. The molecule has 2 aromatic heterocycles. The van der Waals surface area contributed by atoms with Gasteiger partial charge in [0.25, 0.3) is 11.2 Å². The van der Waals surface area contributed by atoms with E-state index >= 15 is 0 Å². The van der Waals surface area contributed by atoms with Crippen molar-refractivity contribution in [3.05, 3.63) is 67.6 Å². The maximum atomic E-state index is 12.3. The van der Waals surface area contributed by atoms with Crippen molar-refractivity contribution >= 4 is 27.2 Å². The molecule has 7 heteroatoms. The van der Waals surface area contributed by atoms with Gasteiger partial charge in [0.2, 0.25) is 0 Å². The zero-order valence-corrected chi connectivity index (χ0v) is 12.0. The topological polar surface area (TPSA) is 78.0 Å². The summed E-state index contributed by atoms with van der Waals surface area (Å²) in [7, 11) is 0. The van der Waals surface area contributed by atoms with Gasteiger partial charge in [-0.15, -0.1) is 11.3 Å². The molecule has 2 heterocycles. The van der Waals surface area contributed by atoms with Crippen molar-refractivity contribution in [1.82, 2.24) is 9.55 Å². The summed E-state index contributed by atoms with van der Waals surface area (Å²) in [5.41, 5.74) is 2.50. The van der Waals surface area contributed by atoms with Gasteiger partial charge in [-0.05, 0) is 23.4 Å². The van der Waals surface area contributed by atoms with E-state index in [1.807, 2.05) is 12.3 Å². The summed E-state index contributed by atoms with van der Waals surface area (Å²) in [6.07, 6.45) is 1.52. The lowest BCUT2D eigenvalue weighted by atomic mass is 10.2. The zero-order valence-electron chi connectivity index (χ0n) is 11.1. The van der Waals surface area contributed by atoms with Crippen molar-refractivity contribution < 1.29 is 4.92 Å². The van der Waals surface area contributed by atoms with Gasteiger partial charge >= 0.3 is 0 Å². The van der Waals surface area contributed by atoms with Crippen LogP contribution < -0.4 is 5.56 Å². The van der Waals surface area contributed by atoms with Crippen LogP contribution in [0.15, 0.2) is 40.8 Å². The summed E-state index contributed by atoms with van der Waals surface area (Å²) in [5.74, 6) is 0. The molecule has 1 aromatic carbocycles. The van der Waals surface area contributed by atoms with Crippen molar-refractivity contribution in [3.63, 3.8) is 0 Å². The fourth-order valence-electron chi connectivity index (χ4n) is 2.09. The van der Waals surface area contributed by atoms with Gasteiger partial charge in [0.15, 0.2) is 0 Å². The third-order valence-corrected chi connectivity index (χ3v) is 4.30. The van der Waals surface area contributed by atoms with Gasteiger partial charge in [-0.3, -0.25) is 19.5 Å². The molecule has 0 atom stereocenters. The summed E-state index contributed by atoms with van der Waals surface area (Å²) in [5, 5.41) is 12.5. The second kappa shape index (κ2) is 5.10. The molecule has 0 saturated heterocycles. The van der Waals surface area contributed by atoms with Crippen LogP contribution in [0.3, 0.4) is 0 Å². The minimum Gasteiger partial charge on any atom is -0.294 e. The van der Waals surface area contributed by atoms with Crippen LogP contribution in [0, 0.1) is 17.0 Å². The molecule has 0 bridgehead atoms. The number of nitrogens with zero attached hydrogens (tertiary/aromatic N) is 3. The van der Waals surface area contributed by atoms with E-state index < -0.39 is 4.92 Å². The summed E-state index contributed by atoms with van der Waals surface area (Å²) in [6.45, 7) is 2.27. The zero-order chi connectivity index (χ0) is 15.0. The molecule has 3 rings (SSSR count). The maximum absolute atomic E-state index is 12.3. The molecule has 21 heavy (non-hydrogen) atoms. The number of rotatable bonds is 3. The first-order valence-corrected chi connectivity index (χ1v) is 7.11. The van der Waals surface area contributed by atoms with Gasteiger partial charge in [0, 0.05) is 12.1 Å². The monoisotopic (exact) mass is 301 g/mol. The second-order valence-electron chi connectivity index (χ2n) is 4.70. The van der Waals surface area contributed by atoms with Crippen molar-refractivity contribution in [2.24, 2.45) is 0 Å². The first-order chi connectivity index (χ1) is 10.1. The van der Waals surface area contributed by atoms with E-state index in [9.17, 15) is 14.9 Å². The number of hydrogen-bond acceptors (Lipinski definition) is 5. The highest BCUT2D eigenvalue weighted by Gasteiger charge is 2.09. The Morgan fingerprint density at radius 1 is 1.33 bits per heavy atom. The van der Waals surface area contributed by atoms with E-state index in [2.05, 4.69) is 4.98 Å². The second-order valence-corrected chi connectivity index (χ2v) is 5.58. The van der Waals surface area contributed by atoms with Crippen molar-refractivity contribution in [2.45, 2.75) is 13.5 Å². The molecule has 0 radical (unpaired) electrons. The molecule has 106 valence electrons. The quantitative estimate of drug-likeness (QED) is 0.550. The maximum Gasteiger partial charge on any atom is 0.271 e. The molecular formula is C14H11N3O3S. The lowest BCUT2D eigenvalue weighted by molar-refractivity contribution is -0.384. The number of nitro groups is 1. The summed E-state index contributed by atoms with van der Waals surface area (Å²) in [6, 6.07) is 6.16. The molecule has 0 aliphatic carbocycles. The Balaban J connectivity index is 1.96. The normalized spacial score (nSPS) is 10.9. The molecule has 0 spiro atoms. The van der Waals surface area contributed by atoms with E-state index in [1.165, 1.54) is 34.4 Å². The first-order valence-electron chi connectivity index (χ1n) is 6.23. The Morgan fingerprint density at radius 2 is 2.05 bits per heavy atom. The predicted octanol–water partition coefficient (Wildman–Crippen LogP) is 2.72. The molecule has 3 aromatic rings. The van der Waals surface area contributed by atoms with Crippen LogP contribution >= 0.6 is 11.3 Å². The van der Waals surface area contributed by atoms with Gasteiger partial charge in [0.05, 0.1) is 23.3 Å². The van der Waals surface area contributed by atoms with Crippen LogP contribution in [-0.2, 0) is 6.54 Å². The molecule has 0 N–H and O–H groups in total. The van der Waals surface area contributed by atoms with E-state index in [-0.39, 0.29) is 11.2 Å². The van der Waals surface area contributed by atoms with Gasteiger partial charge in [-0.25, -0.2) is 4.98 Å². The molecule has 0 fully saturated rings. The molecule has 0 unspecified atom stereocenters. The fourth-order valence-corrected chi connectivity index (χ4v) is 3.04. The third kappa shape index (κ3) is 2.43. The molecular weight excluding hydrogens is 290 g/mol. The first kappa shape index (κ1) is 13.4. The highest BCUT2D eigenvalue weighted by atomic mass is 32.1. The van der Waals surface area contributed by atoms with Crippen LogP contribution in [-0.4, -0.2) is 14.5 Å². The number of nitro benzene ring substituents is 1. The van der Waals surface area contributed by atoms with Gasteiger partial charge in [-0.2, -0.15) is 0 Å². The number of thiophene rings is 1. The molecule has 0 amide bonds. The van der Waals surface area contributed by atoms with E-state index in [0.717, 1.165) is 16.6 Å². The fraction of sp³-hybridized carbons (Fsp3) is 0.143. The Hall–Kier alpha value is -2.54. The number of fused-ring (bicyclic) bond motifs is 1. The lowest BCUT2D eigenvalue weighted by Crippen LogP contribution is -2.20. The Morgan fingerprint density at radius 3 is 2.71 bits per heavy atom. The van der Waals surface area contributed by atoms with Crippen LogP contribution in [0.25, 0.3) is 10.2 Å². The summed E-state index contributed by atoms with van der Waals surface area (Å²) < 4.78 is 2.15. The SMILES string of the molecule is Cc1csc2c(=O)n(Cc3ccc([N+](=O)[O-])cc3)cnc12. The number of aryl methyl sites for hydroxylation is 1. The predicted molar refractivity (Wildman–Crippen MR) is 80.8 cm³/mol. The van der Waals surface area contributed by atoms with Gasteiger partial charge < -0.3 is 0 Å². The Kier molecular flexibility index (Phi) is 3.26. The van der Waals surface area contributed by atoms with E-state index in [0.29, 0.717) is 11.2 Å². The average molecular weight is 301 g/mol. The van der Waals surface area contributed by atoms with E-state index in [1.54, 1.807) is 12.1 Å². The highest BCUT2D eigenvalue weighted by Crippen LogP contribution is 2.19. The summed E-state index contributed by atoms with van der Waals surface area (Å²) >= 11 is 1.39. The number of hydrogen-bond donors (Lipinski definition) is 0. The largest absolute Gasteiger partial charge is 0.294 e. The number of aromatic nitrogens is 2. The van der Waals surface area contributed by atoms with Gasteiger partial charge in [0.1, 0.15) is 4.70 Å². The molecule has 0 saturated carbocycles. The number of non-ortho nitro benzene ring substituents is 1. The van der Waals surface area contributed by atoms with Crippen molar-refractivity contribution in [2.75, 3.05) is 0 Å². The third-order valence-electron chi connectivity index (χ3n) is 3.22. The molecule has 0 aliphatic rings. The Bertz CT molecular complexity index is 881. The standard InChI is InChI=1S/C14H11N3O3S/c1-9-7-21-13-12(9)15-8-16(14(13)18)6-10-2-4-11(5-3-10)17(19)20/h2-5,7-8H,6H2,1H3. The van der Waals surface area contributed by atoms with Crippen molar-refractivity contribution in [3.8, 4) is 0 Å². The Labute approximate surface area is 123 Å². The molecule has 0 aliphatic heterocycles. The minimum atomic E-state index is -0.446. The van der Waals surface area contributed by atoms with Crippen LogP contribution in [0.5, 0.6) is 0 Å². The smallest absolute Gasteiger partial charge is 0.271 e. The van der Waals surface area contributed by atoms with Crippen molar-refractivity contribution in [1.29, 1.82) is 0 Å². The molecule has 6 nitrogen and oxygen atoms in total.